The van der Waals surface area contributed by atoms with Gasteiger partial charge in [-0.1, -0.05) is 17.7 Å². The summed E-state index contributed by atoms with van der Waals surface area (Å²) in [5.41, 5.74) is 0.415. The molecule has 0 saturated carbocycles. The lowest BCUT2D eigenvalue weighted by Crippen LogP contribution is -2.27. The molecule has 0 aliphatic carbocycles. The van der Waals surface area contributed by atoms with Crippen LogP contribution in [0.5, 0.6) is 0 Å². The van der Waals surface area contributed by atoms with E-state index < -0.39 is 10.8 Å². The summed E-state index contributed by atoms with van der Waals surface area (Å²) in [5.74, 6) is 0.189. The fraction of sp³-hybridized carbons (Fsp3) is 0.300. The third kappa shape index (κ3) is 3.88. The molecule has 3 nitrogen and oxygen atoms in total. The summed E-state index contributed by atoms with van der Waals surface area (Å²) in [4.78, 5) is 11.7. The second-order valence-corrected chi connectivity index (χ2v) is 5.92. The minimum absolute atomic E-state index is 0.253. The van der Waals surface area contributed by atoms with Crippen molar-refractivity contribution in [3.8, 4) is 0 Å². The van der Waals surface area contributed by atoms with Gasteiger partial charge < -0.3 is 5.32 Å². The molecule has 1 atom stereocenters. The maximum atomic E-state index is 11.7. The van der Waals surface area contributed by atoms with Crippen LogP contribution in [0.15, 0.2) is 22.7 Å². The van der Waals surface area contributed by atoms with Crippen molar-refractivity contribution in [2.75, 3.05) is 18.6 Å². The Balaban J connectivity index is 2.66. The van der Waals surface area contributed by atoms with E-state index in [4.69, 9.17) is 11.6 Å². The Kier molecular flexibility index (Phi) is 5.44. The van der Waals surface area contributed by atoms with Crippen molar-refractivity contribution in [2.45, 2.75) is 0 Å². The van der Waals surface area contributed by atoms with Gasteiger partial charge in [-0.05, 0) is 28.1 Å². The summed E-state index contributed by atoms with van der Waals surface area (Å²) in [5, 5.41) is 3.05. The first-order chi connectivity index (χ1) is 7.52. The van der Waals surface area contributed by atoms with E-state index in [0.717, 1.165) is 0 Å². The first kappa shape index (κ1) is 13.7. The number of rotatable bonds is 4. The predicted molar refractivity (Wildman–Crippen MR) is 70.4 cm³/mol. The third-order valence-corrected chi connectivity index (χ3v) is 3.95. The molecular formula is C10H11BrClNO2S. The minimum atomic E-state index is -0.905. The van der Waals surface area contributed by atoms with Crippen molar-refractivity contribution in [1.29, 1.82) is 0 Å². The number of carbonyl (C=O) groups is 1. The highest BCUT2D eigenvalue weighted by Gasteiger charge is 2.11. The number of nitrogens with one attached hydrogen (secondary N) is 1. The smallest absolute Gasteiger partial charge is 0.252 e. The Hall–Kier alpha value is -0.390. The standard InChI is InChI=1S/C10H11BrClNO2S/c1-16(15)6-5-13-10(14)7-3-2-4-8(11)9(7)12/h2-4H,5-6H2,1H3,(H,13,14). The highest BCUT2D eigenvalue weighted by atomic mass is 79.9. The molecule has 1 aromatic carbocycles. The number of carbonyl (C=O) groups excluding carboxylic acids is 1. The predicted octanol–water partition coefficient (Wildman–Crippen LogP) is 2.21. The van der Waals surface area contributed by atoms with Gasteiger partial charge in [0.25, 0.3) is 5.91 Å². The lowest BCUT2D eigenvalue weighted by Gasteiger charge is -2.06. The van der Waals surface area contributed by atoms with Crippen LogP contribution >= 0.6 is 27.5 Å². The number of hydrogen-bond acceptors (Lipinski definition) is 2. The van der Waals surface area contributed by atoms with Gasteiger partial charge in [0.1, 0.15) is 0 Å². The zero-order valence-corrected chi connectivity index (χ0v) is 11.8. The molecule has 0 saturated heterocycles. The fourth-order valence-corrected chi connectivity index (χ4v) is 2.05. The van der Waals surface area contributed by atoms with Crippen molar-refractivity contribution < 1.29 is 9.00 Å². The van der Waals surface area contributed by atoms with E-state index in [1.54, 1.807) is 24.5 Å². The summed E-state index contributed by atoms with van der Waals surface area (Å²) in [6, 6.07) is 5.15. The molecule has 0 aliphatic rings. The molecule has 1 rings (SSSR count). The molecule has 0 fully saturated rings. The average Bonchev–Trinajstić information content (AvgIpc) is 2.21. The van der Waals surface area contributed by atoms with Crippen LogP contribution in [-0.4, -0.2) is 28.7 Å². The Morgan fingerprint density at radius 1 is 1.56 bits per heavy atom. The second-order valence-electron chi connectivity index (χ2n) is 3.13. The summed E-state index contributed by atoms with van der Waals surface area (Å²) in [7, 11) is -0.905. The summed E-state index contributed by atoms with van der Waals surface area (Å²) >= 11 is 9.21. The molecule has 6 heteroatoms. The van der Waals surface area contributed by atoms with E-state index >= 15 is 0 Å². The maximum Gasteiger partial charge on any atom is 0.252 e. The van der Waals surface area contributed by atoms with E-state index in [1.807, 2.05) is 0 Å². The van der Waals surface area contributed by atoms with Crippen molar-refractivity contribution in [2.24, 2.45) is 0 Å². The van der Waals surface area contributed by atoms with E-state index in [0.29, 0.717) is 27.4 Å². The second kappa shape index (κ2) is 6.37. The van der Waals surface area contributed by atoms with Crippen LogP contribution in [0.4, 0.5) is 0 Å². The molecular weight excluding hydrogens is 314 g/mol. The highest BCUT2D eigenvalue weighted by molar-refractivity contribution is 9.10. The molecule has 16 heavy (non-hydrogen) atoms. The molecule has 0 aliphatic heterocycles. The lowest BCUT2D eigenvalue weighted by atomic mass is 10.2. The Morgan fingerprint density at radius 2 is 2.25 bits per heavy atom. The first-order valence-electron chi connectivity index (χ1n) is 4.54. The van der Waals surface area contributed by atoms with Gasteiger partial charge in [-0.2, -0.15) is 0 Å². The topological polar surface area (TPSA) is 46.2 Å². The minimum Gasteiger partial charge on any atom is -0.351 e. The number of hydrogen-bond donors (Lipinski definition) is 1. The summed E-state index contributed by atoms with van der Waals surface area (Å²) in [6.45, 7) is 0.380. The van der Waals surface area contributed by atoms with Crippen LogP contribution in [-0.2, 0) is 10.8 Å². The normalized spacial score (nSPS) is 12.2. The van der Waals surface area contributed by atoms with Crippen molar-refractivity contribution in [1.82, 2.24) is 5.32 Å². The Morgan fingerprint density at radius 3 is 2.88 bits per heavy atom. The highest BCUT2D eigenvalue weighted by Crippen LogP contribution is 2.25. The number of benzene rings is 1. The average molecular weight is 325 g/mol. The Labute approximate surface area is 110 Å². The maximum absolute atomic E-state index is 11.7. The van der Waals surface area contributed by atoms with Crippen LogP contribution in [0.2, 0.25) is 5.02 Å². The molecule has 1 amide bonds. The summed E-state index contributed by atoms with van der Waals surface area (Å²) < 4.78 is 11.5. The molecule has 0 bridgehead atoms. The molecule has 0 aromatic heterocycles. The zero-order valence-electron chi connectivity index (χ0n) is 8.63. The molecule has 1 unspecified atom stereocenters. The first-order valence-corrected chi connectivity index (χ1v) is 7.44. The number of halogens is 2. The van der Waals surface area contributed by atoms with Gasteiger partial charge in [0.05, 0.1) is 10.6 Å². The molecule has 0 heterocycles. The SMILES string of the molecule is CS(=O)CCNC(=O)c1cccc(Br)c1Cl. The van der Waals surface area contributed by atoms with Crippen molar-refractivity contribution in [3.05, 3.63) is 33.3 Å². The monoisotopic (exact) mass is 323 g/mol. The largest absolute Gasteiger partial charge is 0.351 e. The third-order valence-electron chi connectivity index (χ3n) is 1.87. The fourth-order valence-electron chi connectivity index (χ4n) is 1.08. The summed E-state index contributed by atoms with van der Waals surface area (Å²) in [6.07, 6.45) is 1.60. The molecule has 0 radical (unpaired) electrons. The van der Waals surface area contributed by atoms with Crippen molar-refractivity contribution >= 4 is 44.2 Å². The Bertz CT molecular complexity index is 425. The van der Waals surface area contributed by atoms with Crippen LogP contribution in [0.1, 0.15) is 10.4 Å². The van der Waals surface area contributed by atoms with E-state index in [1.165, 1.54) is 0 Å². The number of amides is 1. The van der Waals surface area contributed by atoms with Gasteiger partial charge in [-0.3, -0.25) is 9.00 Å². The molecule has 1 aromatic rings. The van der Waals surface area contributed by atoms with E-state index in [-0.39, 0.29) is 5.91 Å². The van der Waals surface area contributed by atoms with Gasteiger partial charge in [0, 0.05) is 33.8 Å². The van der Waals surface area contributed by atoms with Crippen molar-refractivity contribution in [3.63, 3.8) is 0 Å². The van der Waals surface area contributed by atoms with Crippen LogP contribution in [0, 0.1) is 0 Å². The van der Waals surface area contributed by atoms with Gasteiger partial charge in [0.2, 0.25) is 0 Å². The molecule has 0 spiro atoms. The van der Waals surface area contributed by atoms with E-state index in [2.05, 4.69) is 21.2 Å². The van der Waals surface area contributed by atoms with Gasteiger partial charge in [-0.15, -0.1) is 0 Å². The van der Waals surface area contributed by atoms with Crippen LogP contribution < -0.4 is 5.32 Å². The quantitative estimate of drug-likeness (QED) is 0.923. The zero-order chi connectivity index (χ0) is 12.1. The van der Waals surface area contributed by atoms with Crippen LogP contribution in [0.25, 0.3) is 0 Å². The van der Waals surface area contributed by atoms with Gasteiger partial charge >= 0.3 is 0 Å². The van der Waals surface area contributed by atoms with Crippen LogP contribution in [0.3, 0.4) is 0 Å². The molecule has 1 N–H and O–H groups in total. The van der Waals surface area contributed by atoms with Gasteiger partial charge in [0.15, 0.2) is 0 Å². The van der Waals surface area contributed by atoms with E-state index in [9.17, 15) is 9.00 Å². The lowest BCUT2D eigenvalue weighted by molar-refractivity contribution is 0.0956. The molecule has 88 valence electrons. The van der Waals surface area contributed by atoms with Gasteiger partial charge in [-0.25, -0.2) is 0 Å².